The van der Waals surface area contributed by atoms with Crippen LogP contribution in [0.2, 0.25) is 0 Å². The van der Waals surface area contributed by atoms with E-state index in [0.29, 0.717) is 47.2 Å². The second kappa shape index (κ2) is 9.86. The number of piperidine rings is 1. The van der Waals surface area contributed by atoms with Crippen LogP contribution in [0.3, 0.4) is 0 Å². The third kappa shape index (κ3) is 5.04. The molecule has 0 atom stereocenters. The van der Waals surface area contributed by atoms with Crippen molar-refractivity contribution in [3.05, 3.63) is 35.2 Å². The lowest BCUT2D eigenvalue weighted by Gasteiger charge is -2.35. The van der Waals surface area contributed by atoms with E-state index in [1.165, 1.54) is 41.8 Å². The van der Waals surface area contributed by atoms with Crippen molar-refractivity contribution in [2.45, 2.75) is 25.9 Å². The zero-order valence-corrected chi connectivity index (χ0v) is 19.1. The van der Waals surface area contributed by atoms with Crippen LogP contribution in [0.1, 0.15) is 25.3 Å². The molecule has 2 heterocycles. The Morgan fingerprint density at radius 1 is 1.31 bits per heavy atom. The summed E-state index contributed by atoms with van der Waals surface area (Å²) < 4.78 is 43.3. The largest absolute Gasteiger partial charge is 0.504 e. The highest BCUT2D eigenvalue weighted by atomic mass is 32.1. The van der Waals surface area contributed by atoms with Gasteiger partial charge in [0.2, 0.25) is 0 Å². The molecular formula is C21H22F3N3O3S2. The summed E-state index contributed by atoms with van der Waals surface area (Å²) in [6, 6.07) is 4.60. The Morgan fingerprint density at radius 2 is 1.94 bits per heavy atom. The molecule has 1 N–H and O–H groups in total. The number of nitrogens with zero attached hydrogens (tertiary/aromatic N) is 3. The zero-order valence-electron chi connectivity index (χ0n) is 17.4. The van der Waals surface area contributed by atoms with Gasteiger partial charge in [-0.25, -0.2) is 5.01 Å². The van der Waals surface area contributed by atoms with Crippen LogP contribution in [0.4, 0.5) is 18.9 Å². The third-order valence-electron chi connectivity index (χ3n) is 5.16. The first kappa shape index (κ1) is 24.0. The Kier molecular flexibility index (Phi) is 7.40. The van der Waals surface area contributed by atoms with Crippen molar-refractivity contribution in [1.82, 2.24) is 4.90 Å². The van der Waals surface area contributed by atoms with Crippen molar-refractivity contribution in [2.24, 2.45) is 11.0 Å². The van der Waals surface area contributed by atoms with E-state index in [0.717, 1.165) is 12.1 Å². The Labute approximate surface area is 192 Å². The number of carbonyl (C=O) groups excluding carboxylic acids is 1. The van der Waals surface area contributed by atoms with E-state index in [-0.39, 0.29) is 17.6 Å². The molecule has 1 aromatic carbocycles. The predicted molar refractivity (Wildman–Crippen MR) is 122 cm³/mol. The van der Waals surface area contributed by atoms with Crippen LogP contribution < -0.4 is 5.01 Å². The van der Waals surface area contributed by atoms with Gasteiger partial charge in [-0.05, 0) is 49.7 Å². The number of anilines is 1. The number of thiophene rings is 1. The number of halogens is 3. The average molecular weight is 486 g/mol. The van der Waals surface area contributed by atoms with Crippen LogP contribution in [0.5, 0.6) is 5.75 Å². The summed E-state index contributed by atoms with van der Waals surface area (Å²) in [4.78, 5) is 14.1. The lowest BCUT2D eigenvalue weighted by molar-refractivity contribution is -0.146. The summed E-state index contributed by atoms with van der Waals surface area (Å²) in [6.45, 7) is 2.77. The van der Waals surface area contributed by atoms with E-state index >= 15 is 0 Å². The minimum Gasteiger partial charge on any atom is -0.504 e. The second-order valence-corrected chi connectivity index (χ2v) is 8.37. The number of likely N-dealkylation sites (tertiary alicyclic amines) is 1. The van der Waals surface area contributed by atoms with E-state index < -0.39 is 11.7 Å². The van der Waals surface area contributed by atoms with Crippen LogP contribution >= 0.6 is 23.6 Å². The number of alkyl halides is 3. The molecule has 0 aliphatic carbocycles. The number of aromatic hydroxyl groups is 1. The number of rotatable bonds is 4. The Bertz CT molecular complexity index is 998. The van der Waals surface area contributed by atoms with Crippen molar-refractivity contribution in [3.63, 3.8) is 0 Å². The van der Waals surface area contributed by atoms with Crippen molar-refractivity contribution in [1.29, 1.82) is 0 Å². The number of hydrogen-bond acceptors (Lipinski definition) is 6. The van der Waals surface area contributed by atoms with Crippen LogP contribution in [-0.4, -0.2) is 47.5 Å². The molecule has 0 bridgehead atoms. The van der Waals surface area contributed by atoms with Crippen molar-refractivity contribution >= 4 is 46.5 Å². The molecule has 3 rings (SSSR count). The molecule has 1 aliphatic heterocycles. The molecule has 6 nitrogen and oxygen atoms in total. The smallest absolute Gasteiger partial charge is 0.416 e. The van der Waals surface area contributed by atoms with Crippen LogP contribution in [0.15, 0.2) is 34.7 Å². The normalized spacial score (nSPS) is 15.2. The first-order valence-electron chi connectivity index (χ1n) is 9.81. The molecule has 0 amide bonds. The minimum absolute atomic E-state index is 0.118. The van der Waals surface area contributed by atoms with Gasteiger partial charge in [-0.2, -0.15) is 18.3 Å². The van der Waals surface area contributed by atoms with Crippen molar-refractivity contribution in [3.8, 4) is 16.2 Å². The summed E-state index contributed by atoms with van der Waals surface area (Å²) in [6.07, 6.45) is -1.73. The number of ether oxygens (including phenoxy) is 1. The SMILES string of the molecule is C/C=N/N(C(=S)N1CCC(C(=O)OC)CC1)c1csc(-c2ccc(C(F)(F)F)cc2)c1O. The van der Waals surface area contributed by atoms with Crippen LogP contribution in [0.25, 0.3) is 10.4 Å². The topological polar surface area (TPSA) is 65.4 Å². The number of thiocarbonyl (C=S) groups is 1. The number of esters is 1. The van der Waals surface area contributed by atoms with Gasteiger partial charge in [-0.1, -0.05) is 12.1 Å². The molecular weight excluding hydrogens is 463 g/mol. The van der Waals surface area contributed by atoms with Crippen LogP contribution in [-0.2, 0) is 15.7 Å². The summed E-state index contributed by atoms with van der Waals surface area (Å²) >= 11 is 6.79. The van der Waals surface area contributed by atoms with Gasteiger partial charge in [-0.3, -0.25) is 4.79 Å². The molecule has 0 unspecified atom stereocenters. The molecule has 2 aromatic rings. The van der Waals surface area contributed by atoms with Gasteiger partial charge < -0.3 is 14.7 Å². The maximum absolute atomic E-state index is 12.8. The Morgan fingerprint density at radius 3 is 2.47 bits per heavy atom. The predicted octanol–water partition coefficient (Wildman–Crippen LogP) is 5.12. The van der Waals surface area contributed by atoms with Gasteiger partial charge in [0.25, 0.3) is 0 Å². The molecule has 1 fully saturated rings. The Balaban J connectivity index is 1.81. The zero-order chi connectivity index (χ0) is 23.5. The first-order chi connectivity index (χ1) is 15.2. The standard InChI is InChI=1S/C21H22F3N3O3S2/c1-3-25-27(20(31)26-10-8-14(9-11-26)19(29)30-2)16-12-32-18(17(16)28)13-4-6-15(7-5-13)21(22,23)24/h3-7,12,14,28H,8-11H2,1-2H3/b25-3+. The number of carbonyl (C=O) groups is 1. The molecule has 0 spiro atoms. The molecule has 1 saturated heterocycles. The summed E-state index contributed by atoms with van der Waals surface area (Å²) in [5.41, 5.74) is 0.0337. The summed E-state index contributed by atoms with van der Waals surface area (Å²) in [5.74, 6) is -0.536. The van der Waals surface area contributed by atoms with Crippen molar-refractivity contribution in [2.75, 3.05) is 25.2 Å². The highest BCUT2D eigenvalue weighted by Crippen LogP contribution is 2.44. The fraction of sp³-hybridized carbons (Fsp3) is 0.381. The van der Waals surface area contributed by atoms with Gasteiger partial charge in [-0.15, -0.1) is 11.3 Å². The van der Waals surface area contributed by atoms with Crippen LogP contribution in [0, 0.1) is 5.92 Å². The Hall–Kier alpha value is -2.66. The van der Waals surface area contributed by atoms with E-state index in [1.807, 2.05) is 4.90 Å². The lowest BCUT2D eigenvalue weighted by Crippen LogP contribution is -2.45. The molecule has 0 radical (unpaired) electrons. The third-order valence-corrected chi connectivity index (χ3v) is 6.60. The van der Waals surface area contributed by atoms with E-state index in [4.69, 9.17) is 17.0 Å². The fourth-order valence-electron chi connectivity index (χ4n) is 3.45. The molecule has 1 aromatic heterocycles. The molecule has 0 saturated carbocycles. The first-order valence-corrected chi connectivity index (χ1v) is 11.1. The molecule has 1 aliphatic rings. The maximum Gasteiger partial charge on any atom is 0.416 e. The fourth-order valence-corrected chi connectivity index (χ4v) is 4.70. The van der Waals surface area contributed by atoms with Crippen molar-refractivity contribution < 1.29 is 27.8 Å². The highest BCUT2D eigenvalue weighted by Gasteiger charge is 2.31. The minimum atomic E-state index is -4.43. The van der Waals surface area contributed by atoms with Gasteiger partial charge in [0, 0.05) is 24.7 Å². The second-order valence-electron chi connectivity index (χ2n) is 7.13. The maximum atomic E-state index is 12.8. The molecule has 11 heteroatoms. The number of hydrazone groups is 1. The summed E-state index contributed by atoms with van der Waals surface area (Å²) in [5, 5.41) is 18.6. The lowest BCUT2D eigenvalue weighted by atomic mass is 9.97. The van der Waals surface area contributed by atoms with Gasteiger partial charge in [0.15, 0.2) is 10.9 Å². The summed E-state index contributed by atoms with van der Waals surface area (Å²) in [7, 11) is 1.37. The number of methoxy groups -OCH3 is 1. The van der Waals surface area contributed by atoms with Gasteiger partial charge in [0.05, 0.1) is 23.5 Å². The number of hydrogen-bond donors (Lipinski definition) is 1. The molecule has 172 valence electrons. The monoisotopic (exact) mass is 485 g/mol. The van der Waals surface area contributed by atoms with Gasteiger partial charge in [0.1, 0.15) is 5.69 Å². The average Bonchev–Trinajstić information content (AvgIpc) is 3.17. The highest BCUT2D eigenvalue weighted by molar-refractivity contribution is 7.80. The quantitative estimate of drug-likeness (QED) is 0.281. The van der Waals surface area contributed by atoms with E-state index in [1.54, 1.807) is 12.3 Å². The number of benzene rings is 1. The van der Waals surface area contributed by atoms with Gasteiger partial charge >= 0.3 is 12.1 Å². The van der Waals surface area contributed by atoms with E-state index in [2.05, 4.69) is 5.10 Å². The van der Waals surface area contributed by atoms with E-state index in [9.17, 15) is 23.1 Å². The molecule has 32 heavy (non-hydrogen) atoms.